The number of nitrogens with two attached hydrogens (primary N) is 1. The molecule has 0 saturated heterocycles. The molecule has 2 atom stereocenters. The molecule has 1 rings (SSSR count). The summed E-state index contributed by atoms with van der Waals surface area (Å²) in [5, 5.41) is 0. The zero-order valence-corrected chi connectivity index (χ0v) is 7.27. The van der Waals surface area contributed by atoms with Gasteiger partial charge in [-0.2, -0.15) is 0 Å². The normalized spacial score (nSPS) is 15.2. The second-order valence-electron chi connectivity index (χ2n) is 2.88. The van der Waals surface area contributed by atoms with Gasteiger partial charge in [0.05, 0.1) is 0 Å². The first-order valence-electron chi connectivity index (χ1n) is 4.04. The van der Waals surface area contributed by atoms with Crippen LogP contribution in [0.4, 0.5) is 0 Å². The van der Waals surface area contributed by atoms with E-state index in [1.54, 1.807) is 6.20 Å². The topological polar surface area (TPSA) is 38.9 Å². The number of aromatic nitrogens is 1. The maximum atomic E-state index is 5.77. The predicted octanol–water partition coefficient (Wildman–Crippen LogP) is 1.70. The molecule has 0 bridgehead atoms. The third-order valence-corrected chi connectivity index (χ3v) is 1.85. The van der Waals surface area contributed by atoms with Gasteiger partial charge in [-0.3, -0.25) is 4.98 Å². The highest BCUT2D eigenvalue weighted by molar-refractivity contribution is 5.16. The molecule has 2 heteroatoms. The fourth-order valence-electron chi connectivity index (χ4n) is 1.18. The SMILES string of the molecule is C=CC(c1ccccn1)C(C)N. The summed E-state index contributed by atoms with van der Waals surface area (Å²) in [7, 11) is 0. The van der Waals surface area contributed by atoms with Crippen LogP contribution in [0, 0.1) is 0 Å². The molecule has 64 valence electrons. The molecule has 12 heavy (non-hydrogen) atoms. The van der Waals surface area contributed by atoms with Crippen LogP contribution in [0.2, 0.25) is 0 Å². The molecule has 0 aliphatic rings. The van der Waals surface area contributed by atoms with Crippen LogP contribution in [-0.4, -0.2) is 11.0 Å². The van der Waals surface area contributed by atoms with Gasteiger partial charge in [0, 0.05) is 23.9 Å². The van der Waals surface area contributed by atoms with Crippen LogP contribution in [0.25, 0.3) is 0 Å². The Kier molecular flexibility index (Phi) is 3.00. The second-order valence-corrected chi connectivity index (χ2v) is 2.88. The van der Waals surface area contributed by atoms with Gasteiger partial charge in [-0.15, -0.1) is 6.58 Å². The Balaban J connectivity index is 2.88. The minimum absolute atomic E-state index is 0.0670. The van der Waals surface area contributed by atoms with E-state index < -0.39 is 0 Å². The zero-order chi connectivity index (χ0) is 8.97. The maximum Gasteiger partial charge on any atom is 0.0487 e. The molecule has 2 N–H and O–H groups in total. The monoisotopic (exact) mass is 162 g/mol. The Morgan fingerprint density at radius 2 is 2.33 bits per heavy atom. The lowest BCUT2D eigenvalue weighted by Crippen LogP contribution is -2.23. The molecular formula is C10H14N2. The molecule has 1 aromatic rings. The molecule has 1 aromatic heterocycles. The third-order valence-electron chi connectivity index (χ3n) is 1.85. The molecule has 0 fully saturated rings. The van der Waals surface area contributed by atoms with E-state index in [1.165, 1.54) is 0 Å². The van der Waals surface area contributed by atoms with E-state index in [2.05, 4.69) is 11.6 Å². The van der Waals surface area contributed by atoms with Gasteiger partial charge in [0.1, 0.15) is 0 Å². The fraction of sp³-hybridized carbons (Fsp3) is 0.300. The molecule has 2 nitrogen and oxygen atoms in total. The van der Waals surface area contributed by atoms with Crippen molar-refractivity contribution in [3.8, 4) is 0 Å². The molecule has 0 radical (unpaired) electrons. The standard InChI is InChI=1S/C10H14N2/c1-3-9(8(2)11)10-6-4-5-7-12-10/h3-9H,1,11H2,2H3. The molecule has 0 spiro atoms. The van der Waals surface area contributed by atoms with Gasteiger partial charge < -0.3 is 5.73 Å². The summed E-state index contributed by atoms with van der Waals surface area (Å²) >= 11 is 0. The smallest absolute Gasteiger partial charge is 0.0487 e. The average Bonchev–Trinajstić information content (AvgIpc) is 2.07. The van der Waals surface area contributed by atoms with Crippen molar-refractivity contribution in [2.24, 2.45) is 5.73 Å². The summed E-state index contributed by atoms with van der Waals surface area (Å²) < 4.78 is 0. The van der Waals surface area contributed by atoms with Gasteiger partial charge in [0.25, 0.3) is 0 Å². The lowest BCUT2D eigenvalue weighted by atomic mass is 9.98. The Bertz CT molecular complexity index is 241. The lowest BCUT2D eigenvalue weighted by Gasteiger charge is -2.15. The van der Waals surface area contributed by atoms with Crippen molar-refractivity contribution in [1.82, 2.24) is 4.98 Å². The number of hydrogen-bond acceptors (Lipinski definition) is 2. The Morgan fingerprint density at radius 1 is 1.58 bits per heavy atom. The summed E-state index contributed by atoms with van der Waals surface area (Å²) in [6.45, 7) is 5.70. The first kappa shape index (κ1) is 8.94. The van der Waals surface area contributed by atoms with Gasteiger partial charge >= 0.3 is 0 Å². The highest BCUT2D eigenvalue weighted by Gasteiger charge is 2.12. The van der Waals surface area contributed by atoms with Crippen molar-refractivity contribution in [3.63, 3.8) is 0 Å². The molecule has 0 aromatic carbocycles. The van der Waals surface area contributed by atoms with E-state index in [4.69, 9.17) is 5.73 Å². The van der Waals surface area contributed by atoms with Crippen molar-refractivity contribution in [2.75, 3.05) is 0 Å². The van der Waals surface area contributed by atoms with Crippen molar-refractivity contribution in [1.29, 1.82) is 0 Å². The van der Waals surface area contributed by atoms with Crippen molar-refractivity contribution in [2.45, 2.75) is 18.9 Å². The van der Waals surface area contributed by atoms with Crippen LogP contribution < -0.4 is 5.73 Å². The van der Waals surface area contributed by atoms with E-state index in [9.17, 15) is 0 Å². The third kappa shape index (κ3) is 1.92. The lowest BCUT2D eigenvalue weighted by molar-refractivity contribution is 0.647. The number of rotatable bonds is 3. The minimum atomic E-state index is 0.0670. The van der Waals surface area contributed by atoms with Gasteiger partial charge in [0.15, 0.2) is 0 Å². The first-order chi connectivity index (χ1) is 5.75. The van der Waals surface area contributed by atoms with E-state index in [0.29, 0.717) is 0 Å². The number of pyridine rings is 1. The van der Waals surface area contributed by atoms with Crippen LogP contribution in [0.5, 0.6) is 0 Å². The Hall–Kier alpha value is -1.15. The summed E-state index contributed by atoms with van der Waals surface area (Å²) in [6, 6.07) is 5.89. The van der Waals surface area contributed by atoms with Gasteiger partial charge in [-0.25, -0.2) is 0 Å². The zero-order valence-electron chi connectivity index (χ0n) is 7.27. The molecule has 0 amide bonds. The van der Waals surface area contributed by atoms with Gasteiger partial charge in [-0.1, -0.05) is 12.1 Å². The number of nitrogens with zero attached hydrogens (tertiary/aromatic N) is 1. The molecule has 2 unspecified atom stereocenters. The van der Waals surface area contributed by atoms with Crippen LogP contribution in [0.15, 0.2) is 37.1 Å². The van der Waals surface area contributed by atoms with Crippen molar-refractivity contribution < 1.29 is 0 Å². The van der Waals surface area contributed by atoms with E-state index in [1.807, 2.05) is 31.2 Å². The summed E-state index contributed by atoms with van der Waals surface area (Å²) in [5.41, 5.74) is 6.76. The molecular weight excluding hydrogens is 148 g/mol. The van der Waals surface area contributed by atoms with Crippen LogP contribution >= 0.6 is 0 Å². The summed E-state index contributed by atoms with van der Waals surface area (Å²) in [5.74, 6) is 0.159. The molecule has 1 heterocycles. The van der Waals surface area contributed by atoms with Crippen LogP contribution in [0.1, 0.15) is 18.5 Å². The van der Waals surface area contributed by atoms with Crippen LogP contribution in [-0.2, 0) is 0 Å². The Morgan fingerprint density at radius 3 is 2.75 bits per heavy atom. The van der Waals surface area contributed by atoms with Gasteiger partial charge in [0.2, 0.25) is 0 Å². The maximum absolute atomic E-state index is 5.77. The highest BCUT2D eigenvalue weighted by Crippen LogP contribution is 2.16. The second kappa shape index (κ2) is 4.02. The van der Waals surface area contributed by atoms with Crippen LogP contribution in [0.3, 0.4) is 0 Å². The largest absolute Gasteiger partial charge is 0.327 e. The van der Waals surface area contributed by atoms with E-state index in [-0.39, 0.29) is 12.0 Å². The average molecular weight is 162 g/mol. The number of hydrogen-bond donors (Lipinski definition) is 1. The summed E-state index contributed by atoms with van der Waals surface area (Å²) in [6.07, 6.45) is 3.61. The van der Waals surface area contributed by atoms with E-state index >= 15 is 0 Å². The van der Waals surface area contributed by atoms with Crippen molar-refractivity contribution in [3.05, 3.63) is 42.7 Å². The van der Waals surface area contributed by atoms with Crippen molar-refractivity contribution >= 4 is 0 Å². The predicted molar refractivity (Wildman–Crippen MR) is 50.8 cm³/mol. The molecule has 0 saturated carbocycles. The Labute approximate surface area is 73.1 Å². The first-order valence-corrected chi connectivity index (χ1v) is 4.04. The minimum Gasteiger partial charge on any atom is -0.327 e. The quantitative estimate of drug-likeness (QED) is 0.687. The van der Waals surface area contributed by atoms with E-state index in [0.717, 1.165) is 5.69 Å². The summed E-state index contributed by atoms with van der Waals surface area (Å²) in [4.78, 5) is 4.22. The highest BCUT2D eigenvalue weighted by atomic mass is 14.7. The molecule has 0 aliphatic heterocycles. The van der Waals surface area contributed by atoms with Gasteiger partial charge in [-0.05, 0) is 19.1 Å². The molecule has 0 aliphatic carbocycles. The fourth-order valence-corrected chi connectivity index (χ4v) is 1.18.